The first kappa shape index (κ1) is 64.6. The van der Waals surface area contributed by atoms with Gasteiger partial charge >= 0.3 is 17.9 Å². The number of carbonyl (C=O) groups is 3. The molecule has 0 N–H and O–H groups in total. The van der Waals surface area contributed by atoms with Gasteiger partial charge in [0.05, 0.1) is 0 Å². The van der Waals surface area contributed by atoms with Crippen molar-refractivity contribution in [3.8, 4) is 0 Å². The van der Waals surface area contributed by atoms with Crippen molar-refractivity contribution >= 4 is 17.9 Å². The zero-order chi connectivity index (χ0) is 49.3. The molecule has 0 aromatic carbocycles. The normalized spacial score (nSPS) is 12.7. The van der Waals surface area contributed by atoms with E-state index in [2.05, 4.69) is 106 Å². The molecule has 0 saturated heterocycles. The largest absolute Gasteiger partial charge is 0.462 e. The van der Waals surface area contributed by atoms with Crippen molar-refractivity contribution in [1.29, 1.82) is 0 Å². The van der Waals surface area contributed by atoms with Crippen LogP contribution in [-0.2, 0) is 28.6 Å². The minimum atomic E-state index is -0.797. The van der Waals surface area contributed by atoms with Crippen molar-refractivity contribution in [1.82, 2.24) is 0 Å². The number of ether oxygens (including phenoxy) is 3. The minimum absolute atomic E-state index is 0.0914. The summed E-state index contributed by atoms with van der Waals surface area (Å²) < 4.78 is 16.8. The summed E-state index contributed by atoms with van der Waals surface area (Å²) >= 11 is 0. The highest BCUT2D eigenvalue weighted by molar-refractivity contribution is 5.71. The molecule has 0 fully saturated rings. The molecule has 0 bridgehead atoms. The first-order valence-corrected chi connectivity index (χ1v) is 28.7. The lowest BCUT2D eigenvalue weighted by atomic mass is 10.0. The summed E-state index contributed by atoms with van der Waals surface area (Å²) in [6, 6.07) is 0. The number of hydrogen-bond donors (Lipinski definition) is 0. The average Bonchev–Trinajstić information content (AvgIpc) is 3.34. The Bertz CT molecular complexity index is 1320. The second-order valence-corrected chi connectivity index (χ2v) is 19.0. The van der Waals surface area contributed by atoms with E-state index >= 15 is 0 Å². The lowest BCUT2D eigenvalue weighted by Gasteiger charge is -2.18. The molecule has 0 aliphatic carbocycles. The molecule has 0 saturated carbocycles. The fourth-order valence-electron chi connectivity index (χ4n) is 7.98. The van der Waals surface area contributed by atoms with Crippen molar-refractivity contribution in [2.45, 2.75) is 277 Å². The number of esters is 3. The molecule has 0 aromatic heterocycles. The van der Waals surface area contributed by atoms with E-state index in [4.69, 9.17) is 14.2 Å². The van der Waals surface area contributed by atoms with Crippen molar-refractivity contribution < 1.29 is 28.6 Å². The van der Waals surface area contributed by atoms with Crippen molar-refractivity contribution in [2.75, 3.05) is 13.2 Å². The molecule has 390 valence electrons. The molecule has 0 radical (unpaired) electrons. The second-order valence-electron chi connectivity index (χ2n) is 19.0. The Morgan fingerprint density at radius 2 is 0.574 bits per heavy atom. The summed E-state index contributed by atoms with van der Waals surface area (Å²) in [5.41, 5.74) is 0. The molecule has 68 heavy (non-hydrogen) atoms. The Kier molecular flexibility index (Phi) is 53.4. The molecule has 6 heteroatoms. The molecule has 0 spiro atoms. The van der Waals surface area contributed by atoms with Crippen LogP contribution < -0.4 is 0 Å². The van der Waals surface area contributed by atoms with E-state index in [1.165, 1.54) is 122 Å². The van der Waals surface area contributed by atoms with E-state index < -0.39 is 6.10 Å². The maximum atomic E-state index is 12.8. The molecule has 0 rings (SSSR count). The van der Waals surface area contributed by atoms with E-state index in [1.54, 1.807) is 0 Å². The third kappa shape index (κ3) is 53.5. The van der Waals surface area contributed by atoms with Gasteiger partial charge in [0, 0.05) is 19.3 Å². The number of allylic oxidation sites excluding steroid dienone is 14. The Balaban J connectivity index is 4.41. The van der Waals surface area contributed by atoms with Crippen LogP contribution in [0.2, 0.25) is 0 Å². The van der Waals surface area contributed by atoms with Gasteiger partial charge in [-0.05, 0) is 64.2 Å². The molecule has 0 heterocycles. The molecular formula is C62H106O6. The van der Waals surface area contributed by atoms with Crippen LogP contribution in [0.1, 0.15) is 271 Å². The first-order valence-electron chi connectivity index (χ1n) is 28.7. The van der Waals surface area contributed by atoms with Crippen molar-refractivity contribution in [3.63, 3.8) is 0 Å². The van der Waals surface area contributed by atoms with Gasteiger partial charge in [0.15, 0.2) is 6.10 Å². The van der Waals surface area contributed by atoms with Gasteiger partial charge in [-0.25, -0.2) is 0 Å². The van der Waals surface area contributed by atoms with E-state index in [9.17, 15) is 14.4 Å². The molecule has 0 amide bonds. The van der Waals surface area contributed by atoms with E-state index in [0.29, 0.717) is 19.3 Å². The number of carbonyl (C=O) groups excluding carboxylic acids is 3. The summed E-state index contributed by atoms with van der Waals surface area (Å²) in [5.74, 6) is -0.929. The van der Waals surface area contributed by atoms with Gasteiger partial charge in [-0.2, -0.15) is 0 Å². The quantitative estimate of drug-likeness (QED) is 0.0262. The Morgan fingerprint density at radius 3 is 0.926 bits per heavy atom. The second kappa shape index (κ2) is 56.2. The van der Waals surface area contributed by atoms with Crippen LogP contribution in [0.5, 0.6) is 0 Å². The third-order valence-electron chi connectivity index (χ3n) is 12.3. The highest BCUT2D eigenvalue weighted by Crippen LogP contribution is 2.16. The summed E-state index contributed by atoms with van der Waals surface area (Å²) in [6.07, 6.45) is 72.8. The van der Waals surface area contributed by atoms with Gasteiger partial charge in [-0.15, -0.1) is 0 Å². The van der Waals surface area contributed by atoms with Crippen LogP contribution in [-0.4, -0.2) is 37.2 Å². The lowest BCUT2D eigenvalue weighted by molar-refractivity contribution is -0.167. The fourth-order valence-corrected chi connectivity index (χ4v) is 7.98. The zero-order valence-electron chi connectivity index (χ0n) is 44.6. The highest BCUT2D eigenvalue weighted by Gasteiger charge is 2.19. The molecule has 1 unspecified atom stereocenters. The molecule has 6 nitrogen and oxygen atoms in total. The third-order valence-corrected chi connectivity index (χ3v) is 12.3. The van der Waals surface area contributed by atoms with Crippen molar-refractivity contribution in [2.24, 2.45) is 0 Å². The monoisotopic (exact) mass is 947 g/mol. The maximum Gasteiger partial charge on any atom is 0.306 e. The standard InChI is InChI=1S/C62H106O6/c1-4-7-10-13-16-19-22-25-27-29-31-33-34-37-40-43-46-49-52-55-61(64)67-58-59(57-66-60(63)54-51-48-45-42-39-36-24-21-18-15-12-9-6-3)68-62(65)56-53-50-47-44-41-38-35-32-30-28-26-23-20-17-14-11-8-5-2/h9,12,15,17-18,20-21,23-24,26,28,30,32,35,59H,4-8,10-11,13-14,16,19,22,25,27,29,31,33-34,36-58H2,1-3H3/b12-9-,18-15-,20-17-,24-21-,26-23-,30-28-,35-32-. The number of hydrogen-bond acceptors (Lipinski definition) is 6. The zero-order valence-corrected chi connectivity index (χ0v) is 44.6. The smallest absolute Gasteiger partial charge is 0.306 e. The minimum Gasteiger partial charge on any atom is -0.462 e. The van der Waals surface area contributed by atoms with E-state index in [1.807, 2.05) is 0 Å². The van der Waals surface area contributed by atoms with Crippen molar-refractivity contribution in [3.05, 3.63) is 85.1 Å². The molecular weight excluding hydrogens is 841 g/mol. The van der Waals surface area contributed by atoms with Gasteiger partial charge in [-0.1, -0.05) is 273 Å². The molecule has 0 aromatic rings. The van der Waals surface area contributed by atoms with Gasteiger partial charge < -0.3 is 14.2 Å². The number of rotatable bonds is 51. The van der Waals surface area contributed by atoms with Crippen LogP contribution >= 0.6 is 0 Å². The predicted molar refractivity (Wildman–Crippen MR) is 293 cm³/mol. The van der Waals surface area contributed by atoms with Crippen LogP contribution in [0.15, 0.2) is 85.1 Å². The summed E-state index contributed by atoms with van der Waals surface area (Å²) in [6.45, 7) is 6.45. The van der Waals surface area contributed by atoms with Gasteiger partial charge in [0.25, 0.3) is 0 Å². The highest BCUT2D eigenvalue weighted by atomic mass is 16.6. The molecule has 0 aliphatic rings. The van der Waals surface area contributed by atoms with E-state index in [0.717, 1.165) is 109 Å². The Hall–Kier alpha value is -3.41. The Labute approximate surface area is 420 Å². The van der Waals surface area contributed by atoms with Gasteiger partial charge in [0.2, 0.25) is 0 Å². The first-order chi connectivity index (χ1) is 33.5. The molecule has 1 atom stereocenters. The summed E-state index contributed by atoms with van der Waals surface area (Å²) in [4.78, 5) is 38.1. The average molecular weight is 948 g/mol. The predicted octanol–water partition coefficient (Wildman–Crippen LogP) is 19.2. The van der Waals surface area contributed by atoms with Crippen LogP contribution in [0.3, 0.4) is 0 Å². The maximum absolute atomic E-state index is 12.8. The van der Waals surface area contributed by atoms with Crippen LogP contribution in [0.4, 0.5) is 0 Å². The number of unbranched alkanes of at least 4 members (excludes halogenated alkanes) is 31. The van der Waals surface area contributed by atoms with E-state index in [-0.39, 0.29) is 31.1 Å². The lowest BCUT2D eigenvalue weighted by Crippen LogP contribution is -2.30. The Morgan fingerprint density at radius 1 is 0.309 bits per heavy atom. The fraction of sp³-hybridized carbons (Fsp3) is 0.726. The van der Waals surface area contributed by atoms with Gasteiger partial charge in [0.1, 0.15) is 13.2 Å². The summed E-state index contributed by atoms with van der Waals surface area (Å²) in [5, 5.41) is 0. The molecule has 0 aliphatic heterocycles. The van der Waals surface area contributed by atoms with Crippen LogP contribution in [0, 0.1) is 0 Å². The summed E-state index contributed by atoms with van der Waals surface area (Å²) in [7, 11) is 0. The van der Waals surface area contributed by atoms with Gasteiger partial charge in [-0.3, -0.25) is 14.4 Å². The topological polar surface area (TPSA) is 78.9 Å². The van der Waals surface area contributed by atoms with Crippen LogP contribution in [0.25, 0.3) is 0 Å². The SMILES string of the molecule is CC\C=C/C=C\C=C/CCCCCCCC(=O)OCC(COC(=O)CCCCCCCCCCCCCCCCCCCCC)OC(=O)CCCCCCC\C=C/C=C\C=C/C=C\CCCCC.